The minimum atomic E-state index is -0.276. The Morgan fingerprint density at radius 3 is 2.84 bits per heavy atom. The van der Waals surface area contributed by atoms with Gasteiger partial charge in [-0.2, -0.15) is 9.47 Å². The Bertz CT molecular complexity index is 872. The molecule has 0 bridgehead atoms. The van der Waals surface area contributed by atoms with E-state index in [0.717, 1.165) is 4.21 Å². The fourth-order valence-electron chi connectivity index (χ4n) is 2.24. The van der Waals surface area contributed by atoms with Crippen LogP contribution < -0.4 is 5.32 Å². The average molecular weight is 395 g/mol. The van der Waals surface area contributed by atoms with Crippen LogP contribution in [0.3, 0.4) is 0 Å². The number of halogens is 1. The molecule has 130 valence electrons. The molecule has 0 atom stereocenters. The van der Waals surface area contributed by atoms with Gasteiger partial charge in [-0.1, -0.05) is 18.2 Å². The summed E-state index contributed by atoms with van der Waals surface area (Å²) in [5.41, 5.74) is 1.69. The van der Waals surface area contributed by atoms with Gasteiger partial charge in [-0.05, 0) is 30.1 Å². The first-order valence-corrected chi connectivity index (χ1v) is 10.5. The van der Waals surface area contributed by atoms with Crippen LogP contribution in [-0.2, 0) is 6.54 Å². The molecular formula is C16H15FN4OS3. The minimum Gasteiger partial charge on any atom is -0.319 e. The van der Waals surface area contributed by atoms with Crippen molar-refractivity contribution in [3.05, 3.63) is 53.6 Å². The third-order valence-corrected chi connectivity index (χ3v) is 6.16. The van der Waals surface area contributed by atoms with E-state index in [4.69, 9.17) is 0 Å². The van der Waals surface area contributed by atoms with E-state index in [1.807, 2.05) is 12.5 Å². The number of benzene rings is 1. The highest BCUT2D eigenvalue weighted by molar-refractivity contribution is 8.01. The number of hydrogen-bond acceptors (Lipinski definition) is 6. The third-order valence-electron chi connectivity index (χ3n) is 3.42. The first-order chi connectivity index (χ1) is 12.1. The predicted molar refractivity (Wildman–Crippen MR) is 101 cm³/mol. The largest absolute Gasteiger partial charge is 0.319 e. The van der Waals surface area contributed by atoms with Crippen molar-refractivity contribution in [2.45, 2.75) is 15.8 Å². The lowest BCUT2D eigenvalue weighted by atomic mass is 10.2. The Hall–Kier alpha value is -1.84. The fraction of sp³-hybridized carbons (Fsp3) is 0.188. The van der Waals surface area contributed by atoms with Crippen molar-refractivity contribution in [1.29, 1.82) is 0 Å². The molecule has 9 heteroatoms. The Balaban J connectivity index is 1.74. The number of nitrogens with one attached hydrogen (secondary N) is 1. The van der Waals surface area contributed by atoms with Crippen LogP contribution in [0, 0.1) is 5.82 Å². The highest BCUT2D eigenvalue weighted by Gasteiger charge is 2.20. The molecule has 2 aromatic heterocycles. The van der Waals surface area contributed by atoms with Crippen LogP contribution in [0.1, 0.15) is 15.9 Å². The summed E-state index contributed by atoms with van der Waals surface area (Å²) in [5.74, 6) is -0.491. The molecule has 0 spiro atoms. The van der Waals surface area contributed by atoms with Gasteiger partial charge in [-0.25, -0.2) is 4.39 Å². The van der Waals surface area contributed by atoms with E-state index in [1.54, 1.807) is 35.3 Å². The molecule has 0 fully saturated rings. The maximum Gasteiger partial charge on any atom is 0.260 e. The zero-order chi connectivity index (χ0) is 17.8. The second-order valence-corrected chi connectivity index (χ2v) is 7.67. The molecule has 0 unspecified atom stereocenters. The molecule has 1 N–H and O–H groups in total. The average Bonchev–Trinajstić information content (AvgIpc) is 3.23. The Kier molecular flexibility index (Phi) is 5.77. The van der Waals surface area contributed by atoms with Gasteiger partial charge in [0.15, 0.2) is 0 Å². The highest BCUT2D eigenvalue weighted by atomic mass is 32.2. The summed E-state index contributed by atoms with van der Waals surface area (Å²) < 4.78 is 20.5. The number of amides is 1. The van der Waals surface area contributed by atoms with Gasteiger partial charge in [0.25, 0.3) is 5.91 Å². The van der Waals surface area contributed by atoms with E-state index >= 15 is 0 Å². The Morgan fingerprint density at radius 1 is 1.32 bits per heavy atom. The zero-order valence-electron chi connectivity index (χ0n) is 13.5. The number of rotatable bonds is 6. The second kappa shape index (κ2) is 8.03. The third kappa shape index (κ3) is 4.05. The maximum absolute atomic E-state index is 13.7. The van der Waals surface area contributed by atoms with Crippen LogP contribution in [0.25, 0.3) is 0 Å². The lowest BCUT2D eigenvalue weighted by Crippen LogP contribution is -2.12. The summed E-state index contributed by atoms with van der Waals surface area (Å²) in [6.45, 7) is 0.300. The van der Waals surface area contributed by atoms with Gasteiger partial charge in [0.1, 0.15) is 10.8 Å². The van der Waals surface area contributed by atoms with Crippen molar-refractivity contribution >= 4 is 46.7 Å². The molecule has 0 radical (unpaired) electrons. The Labute approximate surface area is 157 Å². The van der Waals surface area contributed by atoms with Crippen LogP contribution in [-0.4, -0.2) is 32.6 Å². The van der Waals surface area contributed by atoms with Crippen molar-refractivity contribution in [2.75, 3.05) is 17.8 Å². The predicted octanol–water partition coefficient (Wildman–Crippen LogP) is 4.22. The molecule has 25 heavy (non-hydrogen) atoms. The van der Waals surface area contributed by atoms with E-state index in [9.17, 15) is 9.18 Å². The van der Waals surface area contributed by atoms with Gasteiger partial charge in [-0.3, -0.25) is 9.48 Å². The summed E-state index contributed by atoms with van der Waals surface area (Å²) >= 11 is 4.26. The molecule has 5 nitrogen and oxygen atoms in total. The second-order valence-electron chi connectivity index (χ2n) is 5.03. The van der Waals surface area contributed by atoms with Gasteiger partial charge in [-0.15, -0.1) is 23.5 Å². The summed E-state index contributed by atoms with van der Waals surface area (Å²) in [6.07, 6.45) is 7.04. The van der Waals surface area contributed by atoms with E-state index in [2.05, 4.69) is 14.8 Å². The molecule has 2 heterocycles. The van der Waals surface area contributed by atoms with Crippen LogP contribution in [0.5, 0.6) is 0 Å². The van der Waals surface area contributed by atoms with Gasteiger partial charge in [0.2, 0.25) is 0 Å². The van der Waals surface area contributed by atoms with Crippen LogP contribution >= 0.6 is 35.1 Å². The van der Waals surface area contributed by atoms with Gasteiger partial charge in [0, 0.05) is 11.8 Å². The van der Waals surface area contributed by atoms with E-state index in [-0.39, 0.29) is 11.7 Å². The molecule has 0 saturated carbocycles. The first kappa shape index (κ1) is 18.0. The summed E-state index contributed by atoms with van der Waals surface area (Å²) in [7, 11) is 0. The van der Waals surface area contributed by atoms with Gasteiger partial charge < -0.3 is 5.32 Å². The molecule has 1 aromatic carbocycles. The van der Waals surface area contributed by atoms with Crippen molar-refractivity contribution in [3.63, 3.8) is 0 Å². The molecule has 3 rings (SSSR count). The van der Waals surface area contributed by atoms with E-state index in [0.29, 0.717) is 28.4 Å². The van der Waals surface area contributed by atoms with Crippen molar-refractivity contribution < 1.29 is 9.18 Å². The topological polar surface area (TPSA) is 59.8 Å². The lowest BCUT2D eigenvalue weighted by molar-refractivity contribution is 0.102. The van der Waals surface area contributed by atoms with Crippen molar-refractivity contribution in [1.82, 2.24) is 14.2 Å². The lowest BCUT2D eigenvalue weighted by Gasteiger charge is -2.04. The highest BCUT2D eigenvalue weighted by Crippen LogP contribution is 2.33. The SMILES string of the molecule is CSc1nsc(SC)c1C(=O)Nc1cnn(Cc2ccccc2F)c1. The van der Waals surface area contributed by atoms with Crippen LogP contribution in [0.4, 0.5) is 10.1 Å². The number of carbonyl (C=O) groups is 1. The summed E-state index contributed by atoms with van der Waals surface area (Å²) in [4.78, 5) is 12.6. The molecule has 0 aliphatic rings. The monoisotopic (exact) mass is 394 g/mol. The number of thioether (sulfide) groups is 2. The number of carbonyl (C=O) groups excluding carboxylic acids is 1. The van der Waals surface area contributed by atoms with Crippen LogP contribution in [0.2, 0.25) is 0 Å². The summed E-state index contributed by atoms with van der Waals surface area (Å²) in [6, 6.07) is 6.55. The molecular weight excluding hydrogens is 379 g/mol. The number of hydrogen-bond donors (Lipinski definition) is 1. The van der Waals surface area contributed by atoms with Gasteiger partial charge >= 0.3 is 0 Å². The normalized spacial score (nSPS) is 10.8. The number of anilines is 1. The van der Waals surface area contributed by atoms with Crippen molar-refractivity contribution in [3.8, 4) is 0 Å². The van der Waals surface area contributed by atoms with Gasteiger partial charge in [0.05, 0.1) is 28.2 Å². The minimum absolute atomic E-state index is 0.215. The Morgan fingerprint density at radius 2 is 2.12 bits per heavy atom. The molecule has 1 amide bonds. The molecule has 0 saturated heterocycles. The smallest absolute Gasteiger partial charge is 0.260 e. The molecule has 0 aliphatic carbocycles. The number of aromatic nitrogens is 3. The molecule has 0 aliphatic heterocycles. The maximum atomic E-state index is 13.7. The van der Waals surface area contributed by atoms with E-state index in [1.165, 1.54) is 41.1 Å². The standard InChI is InChI=1S/C16H15FN4OS3/c1-23-15-13(16(24-2)25-20-15)14(22)19-11-7-18-21(9-11)8-10-5-3-4-6-12(10)17/h3-7,9H,8H2,1-2H3,(H,19,22). The number of nitrogens with zero attached hydrogens (tertiary/aromatic N) is 3. The van der Waals surface area contributed by atoms with E-state index < -0.39 is 0 Å². The quantitative estimate of drug-likeness (QED) is 0.634. The fourth-order valence-corrected chi connectivity index (χ4v) is 4.52. The van der Waals surface area contributed by atoms with Crippen molar-refractivity contribution in [2.24, 2.45) is 0 Å². The zero-order valence-corrected chi connectivity index (χ0v) is 16.0. The summed E-state index contributed by atoms with van der Waals surface area (Å²) in [5, 5.41) is 7.74. The first-order valence-electron chi connectivity index (χ1n) is 7.27. The van der Waals surface area contributed by atoms with Crippen LogP contribution in [0.15, 0.2) is 45.9 Å². The molecule has 3 aromatic rings.